The Morgan fingerprint density at radius 2 is 2.25 bits per heavy atom. The third-order valence-electron chi connectivity index (χ3n) is 2.23. The van der Waals surface area contributed by atoms with Crippen LogP contribution in [0.2, 0.25) is 0 Å². The Kier molecular flexibility index (Phi) is 2.59. The van der Waals surface area contributed by atoms with Crippen molar-refractivity contribution in [1.82, 2.24) is 4.98 Å². The lowest BCUT2D eigenvalue weighted by atomic mass is 10.2. The molecule has 1 N–H and O–H groups in total. The molecule has 0 bridgehead atoms. The first-order valence-electron chi connectivity index (χ1n) is 4.67. The number of aromatic nitrogens is 1. The molecule has 2 aromatic rings. The molecule has 16 heavy (non-hydrogen) atoms. The standard InChI is InChI=1S/C11H10N2O3/c1-16-10-3-2-8-6-9(4-5-13(14)15)12-11(8)7-10/h2-7,12H,1H3/b5-4+. The highest BCUT2D eigenvalue weighted by atomic mass is 16.6. The van der Waals surface area contributed by atoms with Crippen molar-refractivity contribution in [2.75, 3.05) is 7.11 Å². The van der Waals surface area contributed by atoms with Crippen LogP contribution in [-0.4, -0.2) is 17.0 Å². The quantitative estimate of drug-likeness (QED) is 0.635. The smallest absolute Gasteiger partial charge is 0.236 e. The summed E-state index contributed by atoms with van der Waals surface area (Å²) in [6.45, 7) is 0. The Bertz CT molecular complexity index is 557. The highest BCUT2D eigenvalue weighted by Gasteiger charge is 2.00. The zero-order chi connectivity index (χ0) is 11.5. The Morgan fingerprint density at radius 3 is 2.94 bits per heavy atom. The lowest BCUT2D eigenvalue weighted by molar-refractivity contribution is -0.400. The minimum absolute atomic E-state index is 0.494. The first-order valence-corrected chi connectivity index (χ1v) is 4.67. The second-order valence-electron chi connectivity index (χ2n) is 3.28. The Balaban J connectivity index is 2.40. The summed E-state index contributed by atoms with van der Waals surface area (Å²) in [6, 6.07) is 7.43. The van der Waals surface area contributed by atoms with E-state index in [9.17, 15) is 10.1 Å². The summed E-state index contributed by atoms with van der Waals surface area (Å²) in [5, 5.41) is 11.2. The molecular weight excluding hydrogens is 208 g/mol. The van der Waals surface area contributed by atoms with E-state index >= 15 is 0 Å². The summed E-state index contributed by atoms with van der Waals surface area (Å²) in [6.07, 6.45) is 2.33. The van der Waals surface area contributed by atoms with Crippen molar-refractivity contribution >= 4 is 17.0 Å². The summed E-state index contributed by atoms with van der Waals surface area (Å²) in [4.78, 5) is 12.7. The monoisotopic (exact) mass is 218 g/mol. The van der Waals surface area contributed by atoms with Gasteiger partial charge in [0, 0.05) is 28.7 Å². The van der Waals surface area contributed by atoms with Crippen LogP contribution in [0.5, 0.6) is 5.75 Å². The van der Waals surface area contributed by atoms with Crippen LogP contribution >= 0.6 is 0 Å². The normalized spacial score (nSPS) is 11.1. The number of methoxy groups -OCH3 is 1. The van der Waals surface area contributed by atoms with Gasteiger partial charge >= 0.3 is 0 Å². The topological polar surface area (TPSA) is 68.2 Å². The number of nitrogens with zero attached hydrogens (tertiary/aromatic N) is 1. The molecule has 1 aromatic carbocycles. The molecule has 0 atom stereocenters. The number of benzene rings is 1. The second kappa shape index (κ2) is 4.06. The van der Waals surface area contributed by atoms with Crippen LogP contribution in [0.3, 0.4) is 0 Å². The first-order chi connectivity index (χ1) is 7.69. The molecule has 0 aliphatic carbocycles. The summed E-state index contributed by atoms with van der Waals surface area (Å²) in [5.74, 6) is 0.749. The number of rotatable bonds is 3. The van der Waals surface area contributed by atoms with Gasteiger partial charge in [0.2, 0.25) is 6.20 Å². The Labute approximate surface area is 91.5 Å². The van der Waals surface area contributed by atoms with Crippen molar-refractivity contribution in [3.05, 3.63) is 46.3 Å². The largest absolute Gasteiger partial charge is 0.497 e. The van der Waals surface area contributed by atoms with E-state index in [0.717, 1.165) is 22.9 Å². The zero-order valence-corrected chi connectivity index (χ0v) is 8.64. The number of aromatic amines is 1. The van der Waals surface area contributed by atoms with Crippen molar-refractivity contribution in [1.29, 1.82) is 0 Å². The van der Waals surface area contributed by atoms with Crippen molar-refractivity contribution in [2.24, 2.45) is 0 Å². The molecule has 0 saturated carbocycles. The van der Waals surface area contributed by atoms with Gasteiger partial charge < -0.3 is 9.72 Å². The number of fused-ring (bicyclic) bond motifs is 1. The second-order valence-corrected chi connectivity index (χ2v) is 3.28. The van der Waals surface area contributed by atoms with Gasteiger partial charge in [-0.2, -0.15) is 0 Å². The molecule has 82 valence electrons. The van der Waals surface area contributed by atoms with Gasteiger partial charge in [-0.3, -0.25) is 10.1 Å². The maximum Gasteiger partial charge on any atom is 0.236 e. The molecular formula is C11H10N2O3. The van der Waals surface area contributed by atoms with E-state index in [0.29, 0.717) is 5.69 Å². The first kappa shape index (κ1) is 10.2. The lowest BCUT2D eigenvalue weighted by Crippen LogP contribution is -1.82. The fourth-order valence-electron chi connectivity index (χ4n) is 1.49. The van der Waals surface area contributed by atoms with E-state index in [4.69, 9.17) is 4.74 Å². The third-order valence-corrected chi connectivity index (χ3v) is 2.23. The van der Waals surface area contributed by atoms with Gasteiger partial charge in [0.1, 0.15) is 5.75 Å². The predicted octanol–water partition coefficient (Wildman–Crippen LogP) is 2.42. The average molecular weight is 218 g/mol. The molecule has 5 heteroatoms. The van der Waals surface area contributed by atoms with Crippen LogP contribution in [0.15, 0.2) is 30.5 Å². The minimum atomic E-state index is -0.494. The van der Waals surface area contributed by atoms with E-state index in [1.165, 1.54) is 6.08 Å². The maximum atomic E-state index is 10.2. The van der Waals surface area contributed by atoms with Gasteiger partial charge in [-0.1, -0.05) is 0 Å². The van der Waals surface area contributed by atoms with Gasteiger partial charge in [0.25, 0.3) is 0 Å². The van der Waals surface area contributed by atoms with Crippen LogP contribution < -0.4 is 4.74 Å². The number of ether oxygens (including phenoxy) is 1. The summed E-state index contributed by atoms with van der Waals surface area (Å²) in [5.41, 5.74) is 1.59. The number of hydrogen-bond acceptors (Lipinski definition) is 3. The zero-order valence-electron chi connectivity index (χ0n) is 8.64. The fraction of sp³-hybridized carbons (Fsp3) is 0.0909. The average Bonchev–Trinajstić information content (AvgIpc) is 2.67. The molecule has 1 aromatic heterocycles. The van der Waals surface area contributed by atoms with Crippen molar-refractivity contribution in [3.63, 3.8) is 0 Å². The maximum absolute atomic E-state index is 10.2. The van der Waals surface area contributed by atoms with Crippen LogP contribution in [0.4, 0.5) is 0 Å². The van der Waals surface area contributed by atoms with Gasteiger partial charge in [-0.25, -0.2) is 0 Å². The summed E-state index contributed by atoms with van der Waals surface area (Å²) >= 11 is 0. The van der Waals surface area contributed by atoms with Crippen LogP contribution in [0, 0.1) is 10.1 Å². The van der Waals surface area contributed by atoms with E-state index in [2.05, 4.69) is 4.98 Å². The molecule has 0 radical (unpaired) electrons. The lowest BCUT2D eigenvalue weighted by Gasteiger charge is -1.97. The molecule has 0 aliphatic heterocycles. The van der Waals surface area contributed by atoms with Gasteiger partial charge in [0.15, 0.2) is 0 Å². The molecule has 0 spiro atoms. The Hall–Kier alpha value is -2.30. The molecule has 0 amide bonds. The SMILES string of the molecule is COc1ccc2cc(/C=C/[N+](=O)[O-])[nH]c2c1. The summed E-state index contributed by atoms with van der Waals surface area (Å²) in [7, 11) is 1.59. The highest BCUT2D eigenvalue weighted by Crippen LogP contribution is 2.21. The van der Waals surface area contributed by atoms with Crippen LogP contribution in [0.1, 0.15) is 5.69 Å². The molecule has 0 aliphatic rings. The van der Waals surface area contributed by atoms with E-state index in [-0.39, 0.29) is 0 Å². The number of H-pyrrole nitrogens is 1. The molecule has 5 nitrogen and oxygen atoms in total. The van der Waals surface area contributed by atoms with Crippen molar-refractivity contribution in [2.45, 2.75) is 0 Å². The molecule has 0 fully saturated rings. The fourth-order valence-corrected chi connectivity index (χ4v) is 1.49. The molecule has 0 unspecified atom stereocenters. The van der Waals surface area contributed by atoms with E-state index < -0.39 is 4.92 Å². The van der Waals surface area contributed by atoms with E-state index in [1.807, 2.05) is 24.3 Å². The molecule has 0 saturated heterocycles. The van der Waals surface area contributed by atoms with Gasteiger partial charge in [0.05, 0.1) is 12.0 Å². The predicted molar refractivity (Wildman–Crippen MR) is 60.9 cm³/mol. The number of hydrogen-bond donors (Lipinski definition) is 1. The number of nitro groups is 1. The number of nitrogens with one attached hydrogen (secondary N) is 1. The summed E-state index contributed by atoms with van der Waals surface area (Å²) < 4.78 is 5.08. The minimum Gasteiger partial charge on any atom is -0.497 e. The van der Waals surface area contributed by atoms with Crippen molar-refractivity contribution < 1.29 is 9.66 Å². The van der Waals surface area contributed by atoms with Crippen molar-refractivity contribution in [3.8, 4) is 5.75 Å². The highest BCUT2D eigenvalue weighted by molar-refractivity contribution is 5.83. The Morgan fingerprint density at radius 1 is 1.44 bits per heavy atom. The van der Waals surface area contributed by atoms with Crippen LogP contribution in [0.25, 0.3) is 17.0 Å². The molecule has 2 rings (SSSR count). The van der Waals surface area contributed by atoms with Crippen LogP contribution in [-0.2, 0) is 0 Å². The van der Waals surface area contributed by atoms with Gasteiger partial charge in [-0.05, 0) is 18.2 Å². The molecule has 1 heterocycles. The third kappa shape index (κ3) is 2.03. The van der Waals surface area contributed by atoms with E-state index in [1.54, 1.807) is 7.11 Å². The van der Waals surface area contributed by atoms with Gasteiger partial charge in [-0.15, -0.1) is 0 Å².